The molecule has 0 spiro atoms. The Morgan fingerprint density at radius 1 is 1.31 bits per heavy atom. The number of H-pyrrole nitrogens is 1. The summed E-state index contributed by atoms with van der Waals surface area (Å²) in [6.45, 7) is 0.724. The van der Waals surface area contributed by atoms with Crippen LogP contribution in [0.5, 0.6) is 5.75 Å². The van der Waals surface area contributed by atoms with Crippen molar-refractivity contribution >= 4 is 23.7 Å². The summed E-state index contributed by atoms with van der Waals surface area (Å²) >= 11 is 3.92. The first-order chi connectivity index (χ1) is 7.72. The van der Waals surface area contributed by atoms with Gasteiger partial charge in [0, 0.05) is 18.0 Å². The van der Waals surface area contributed by atoms with E-state index in [0.29, 0.717) is 5.52 Å². The lowest BCUT2D eigenvalue weighted by atomic mass is 10.1. The second kappa shape index (κ2) is 4.59. The van der Waals surface area contributed by atoms with Gasteiger partial charge in [-0.15, -0.1) is 0 Å². The summed E-state index contributed by atoms with van der Waals surface area (Å²) in [5, 5.41) is 10.5. The molecular formula is C11H12N2O2S. The Labute approximate surface area is 97.9 Å². The van der Waals surface area contributed by atoms with Gasteiger partial charge in [-0.3, -0.25) is 9.52 Å². The van der Waals surface area contributed by atoms with Gasteiger partial charge in [0.15, 0.2) is 0 Å². The topological polar surface area (TPSA) is 65.1 Å². The number of aromatic hydroxyl groups is 1. The Morgan fingerprint density at radius 2 is 2.12 bits per heavy atom. The van der Waals surface area contributed by atoms with Crippen LogP contribution in [-0.4, -0.2) is 16.6 Å². The Morgan fingerprint density at radius 3 is 2.88 bits per heavy atom. The van der Waals surface area contributed by atoms with Gasteiger partial charge in [-0.05, 0) is 24.1 Å². The molecule has 2 rings (SSSR count). The number of hydrogen-bond acceptors (Lipinski definition) is 4. The maximum Gasteiger partial charge on any atom is 0.248 e. The average Bonchev–Trinajstić information content (AvgIpc) is 2.29. The summed E-state index contributed by atoms with van der Waals surface area (Å²) in [5.41, 5.74) is 1.34. The minimum absolute atomic E-state index is 0.0929. The molecule has 1 heterocycles. The summed E-state index contributed by atoms with van der Waals surface area (Å²) in [6, 6.07) is 6.62. The van der Waals surface area contributed by atoms with Crippen LogP contribution in [-0.2, 0) is 6.42 Å². The van der Waals surface area contributed by atoms with Gasteiger partial charge >= 0.3 is 0 Å². The number of aromatic nitrogens is 1. The molecule has 0 fully saturated rings. The molecule has 4 nitrogen and oxygen atoms in total. The summed E-state index contributed by atoms with van der Waals surface area (Å²) in [4.78, 5) is 13.8. The van der Waals surface area contributed by atoms with Crippen molar-refractivity contribution in [2.75, 3.05) is 6.54 Å². The number of benzene rings is 1. The maximum atomic E-state index is 11.2. The highest BCUT2D eigenvalue weighted by molar-refractivity contribution is 7.78. The monoisotopic (exact) mass is 236 g/mol. The molecule has 0 aliphatic rings. The fourth-order valence-electron chi connectivity index (χ4n) is 1.71. The van der Waals surface area contributed by atoms with Crippen molar-refractivity contribution < 1.29 is 5.11 Å². The number of rotatable bonds is 3. The van der Waals surface area contributed by atoms with Crippen molar-refractivity contribution in [3.63, 3.8) is 0 Å². The van der Waals surface area contributed by atoms with Gasteiger partial charge in [0.25, 0.3) is 0 Å². The summed E-state index contributed by atoms with van der Waals surface area (Å²) < 4.78 is 2.77. The van der Waals surface area contributed by atoms with E-state index in [1.54, 1.807) is 12.1 Å². The molecule has 0 radical (unpaired) electrons. The lowest BCUT2D eigenvalue weighted by Crippen LogP contribution is -2.07. The quantitative estimate of drug-likeness (QED) is 0.606. The molecular weight excluding hydrogens is 224 g/mol. The lowest BCUT2D eigenvalue weighted by Gasteiger charge is -2.07. The second-order valence-corrected chi connectivity index (χ2v) is 3.83. The fraction of sp³-hybridized carbons (Fsp3) is 0.182. The van der Waals surface area contributed by atoms with Crippen LogP contribution in [0.2, 0.25) is 0 Å². The molecule has 16 heavy (non-hydrogen) atoms. The molecule has 3 N–H and O–H groups in total. The van der Waals surface area contributed by atoms with Gasteiger partial charge in [0.1, 0.15) is 5.75 Å². The number of aromatic amines is 1. The SMILES string of the molecule is O=c1ccc2c(CCNS)ccc(O)c2[nH]1. The molecule has 0 saturated carbocycles. The third-order valence-electron chi connectivity index (χ3n) is 2.47. The van der Waals surface area contributed by atoms with Crippen molar-refractivity contribution in [1.82, 2.24) is 9.71 Å². The van der Waals surface area contributed by atoms with E-state index in [-0.39, 0.29) is 11.3 Å². The van der Waals surface area contributed by atoms with Gasteiger partial charge in [-0.2, -0.15) is 0 Å². The fourth-order valence-corrected chi connectivity index (χ4v) is 1.82. The van der Waals surface area contributed by atoms with Gasteiger partial charge in [0.05, 0.1) is 5.52 Å². The molecule has 0 aliphatic carbocycles. The Kier molecular flexibility index (Phi) is 3.17. The van der Waals surface area contributed by atoms with E-state index in [9.17, 15) is 9.90 Å². The highest BCUT2D eigenvalue weighted by atomic mass is 32.1. The minimum Gasteiger partial charge on any atom is -0.506 e. The number of phenolic OH excluding ortho intramolecular Hbond substituents is 1. The second-order valence-electron chi connectivity index (χ2n) is 3.51. The molecule has 1 aromatic carbocycles. The first-order valence-corrected chi connectivity index (χ1v) is 5.38. The molecule has 0 saturated heterocycles. The summed E-state index contributed by atoms with van der Waals surface area (Å²) in [5.74, 6) is 0.0929. The van der Waals surface area contributed by atoms with Crippen LogP contribution in [0.1, 0.15) is 5.56 Å². The van der Waals surface area contributed by atoms with Crippen molar-refractivity contribution in [3.8, 4) is 5.75 Å². The molecule has 84 valence electrons. The average molecular weight is 236 g/mol. The zero-order valence-corrected chi connectivity index (χ0v) is 9.42. The van der Waals surface area contributed by atoms with Crippen molar-refractivity contribution in [2.45, 2.75) is 6.42 Å². The molecule has 5 heteroatoms. The highest BCUT2D eigenvalue weighted by Gasteiger charge is 2.05. The first kappa shape index (κ1) is 11.0. The zero-order valence-electron chi connectivity index (χ0n) is 8.53. The van der Waals surface area contributed by atoms with Gasteiger partial charge in [-0.25, -0.2) is 0 Å². The highest BCUT2D eigenvalue weighted by Crippen LogP contribution is 2.24. The van der Waals surface area contributed by atoms with E-state index in [2.05, 4.69) is 22.5 Å². The third kappa shape index (κ3) is 2.05. The van der Waals surface area contributed by atoms with E-state index in [0.717, 1.165) is 23.9 Å². The number of nitrogens with one attached hydrogen (secondary N) is 2. The molecule has 1 aromatic heterocycles. The summed E-state index contributed by atoms with van der Waals surface area (Å²) in [7, 11) is 0. The van der Waals surface area contributed by atoms with Crippen LogP contribution in [0.15, 0.2) is 29.1 Å². The van der Waals surface area contributed by atoms with Crippen molar-refractivity contribution in [3.05, 3.63) is 40.2 Å². The molecule has 0 aliphatic heterocycles. The normalized spacial score (nSPS) is 10.8. The van der Waals surface area contributed by atoms with E-state index in [1.165, 1.54) is 6.07 Å². The van der Waals surface area contributed by atoms with Crippen LogP contribution in [0.3, 0.4) is 0 Å². The Hall–Kier alpha value is -1.46. The number of fused-ring (bicyclic) bond motifs is 1. The summed E-state index contributed by atoms with van der Waals surface area (Å²) in [6.07, 6.45) is 0.784. The Balaban J connectivity index is 2.59. The lowest BCUT2D eigenvalue weighted by molar-refractivity contribution is 0.480. The van der Waals surface area contributed by atoms with Crippen LogP contribution < -0.4 is 10.3 Å². The van der Waals surface area contributed by atoms with E-state index in [1.807, 2.05) is 6.07 Å². The smallest absolute Gasteiger partial charge is 0.248 e. The maximum absolute atomic E-state index is 11.2. The number of phenols is 1. The molecule has 0 unspecified atom stereocenters. The number of thiol groups is 1. The van der Waals surface area contributed by atoms with Crippen molar-refractivity contribution in [1.29, 1.82) is 0 Å². The van der Waals surface area contributed by atoms with Gasteiger partial charge in [-0.1, -0.05) is 18.9 Å². The predicted molar refractivity (Wildman–Crippen MR) is 66.9 cm³/mol. The minimum atomic E-state index is -0.215. The van der Waals surface area contributed by atoms with Crippen LogP contribution in [0, 0.1) is 0 Å². The first-order valence-electron chi connectivity index (χ1n) is 4.93. The zero-order chi connectivity index (χ0) is 11.5. The van der Waals surface area contributed by atoms with Crippen LogP contribution in [0.4, 0.5) is 0 Å². The van der Waals surface area contributed by atoms with E-state index < -0.39 is 0 Å². The van der Waals surface area contributed by atoms with Gasteiger partial charge in [0.2, 0.25) is 5.56 Å². The molecule has 0 atom stereocenters. The van der Waals surface area contributed by atoms with Crippen molar-refractivity contribution in [2.24, 2.45) is 0 Å². The molecule has 0 amide bonds. The van der Waals surface area contributed by atoms with E-state index in [4.69, 9.17) is 0 Å². The number of hydrogen-bond donors (Lipinski definition) is 4. The molecule has 0 bridgehead atoms. The van der Waals surface area contributed by atoms with Crippen LogP contribution >= 0.6 is 12.8 Å². The molecule has 2 aromatic rings. The van der Waals surface area contributed by atoms with Crippen LogP contribution in [0.25, 0.3) is 10.9 Å². The third-order valence-corrected chi connectivity index (χ3v) is 2.69. The standard InChI is InChI=1S/C11H12N2O2S/c14-9-3-1-7(5-6-12-16)8-2-4-10(15)13-11(8)9/h1-4,12,14,16H,5-6H2,(H,13,15). The van der Waals surface area contributed by atoms with Gasteiger partial charge < -0.3 is 10.1 Å². The predicted octanol–water partition coefficient (Wildman–Crippen LogP) is 1.21. The number of pyridine rings is 1. The Bertz CT molecular complexity index is 565. The largest absolute Gasteiger partial charge is 0.506 e. The van der Waals surface area contributed by atoms with E-state index >= 15 is 0 Å².